The molecule has 1 aliphatic carbocycles. The number of anilines is 1. The summed E-state index contributed by atoms with van der Waals surface area (Å²) in [6.07, 6.45) is 3.12. The number of H-pyrrole nitrogens is 1. The number of hydrogen-bond acceptors (Lipinski definition) is 5. The quantitative estimate of drug-likeness (QED) is 0.435. The smallest absolute Gasteiger partial charge is 0.330 e. The lowest BCUT2D eigenvalue weighted by atomic mass is 10.1. The van der Waals surface area contributed by atoms with Gasteiger partial charge in [0.15, 0.2) is 0 Å². The molecule has 1 saturated carbocycles. The molecule has 2 N–H and O–H groups in total. The molecule has 1 aliphatic rings. The first-order valence-electron chi connectivity index (χ1n) is 11.7. The molecule has 182 valence electrons. The fraction of sp³-hybridized carbons (Fsp3) is 0.222. The molecule has 9 heteroatoms. The van der Waals surface area contributed by atoms with Gasteiger partial charge in [-0.25, -0.2) is 9.78 Å². The maximum atomic E-state index is 13.3. The molecule has 1 fully saturated rings. The van der Waals surface area contributed by atoms with Crippen LogP contribution in [0.15, 0.2) is 76.4 Å². The zero-order valence-corrected chi connectivity index (χ0v) is 19.9. The molecule has 36 heavy (non-hydrogen) atoms. The average molecular weight is 484 g/mol. The number of hydrogen-bond donors (Lipinski definition) is 2. The average Bonchev–Trinajstić information content (AvgIpc) is 3.73. The summed E-state index contributed by atoms with van der Waals surface area (Å²) in [7, 11) is 1.67. The van der Waals surface area contributed by atoms with Gasteiger partial charge in [-0.2, -0.15) is 0 Å². The van der Waals surface area contributed by atoms with Crippen molar-refractivity contribution in [2.45, 2.75) is 31.8 Å². The van der Waals surface area contributed by atoms with Crippen molar-refractivity contribution in [2.75, 3.05) is 12.4 Å². The minimum atomic E-state index is -0.563. The van der Waals surface area contributed by atoms with Crippen LogP contribution in [0.3, 0.4) is 0 Å². The van der Waals surface area contributed by atoms with Gasteiger partial charge in [0.1, 0.15) is 5.65 Å². The Balaban J connectivity index is 1.38. The monoisotopic (exact) mass is 483 g/mol. The van der Waals surface area contributed by atoms with Crippen molar-refractivity contribution >= 4 is 28.5 Å². The molecule has 0 saturated heterocycles. The first-order chi connectivity index (χ1) is 17.3. The predicted molar refractivity (Wildman–Crippen MR) is 136 cm³/mol. The standard InChI is InChI=1S/C27H25N5O4/c1-16(18-9-6-10-20(13-18)29-24(33)17-7-4-3-5-8-17)31(2)26(35)19-14-22-23(28-15-19)32(21-11-12-21)27(36)30-25(22)34/h3-10,13-16,21H,11-12H2,1-2H3,(H,29,33)(H,30,34,36). The molecule has 2 aromatic heterocycles. The molecule has 9 nitrogen and oxygen atoms in total. The number of benzene rings is 2. The van der Waals surface area contributed by atoms with Gasteiger partial charge in [0.2, 0.25) is 0 Å². The Morgan fingerprint density at radius 2 is 1.81 bits per heavy atom. The highest BCUT2D eigenvalue weighted by atomic mass is 16.2. The third-order valence-electron chi connectivity index (χ3n) is 6.50. The lowest BCUT2D eigenvalue weighted by Gasteiger charge is -2.26. The van der Waals surface area contributed by atoms with Gasteiger partial charge in [0, 0.05) is 30.5 Å². The number of fused-ring (bicyclic) bond motifs is 1. The third-order valence-corrected chi connectivity index (χ3v) is 6.50. The molecule has 0 bridgehead atoms. The normalized spacial score (nSPS) is 13.8. The Kier molecular flexibility index (Phi) is 5.97. The van der Waals surface area contributed by atoms with Gasteiger partial charge >= 0.3 is 5.69 Å². The van der Waals surface area contributed by atoms with Gasteiger partial charge in [-0.15, -0.1) is 0 Å². The van der Waals surface area contributed by atoms with Crippen molar-refractivity contribution in [2.24, 2.45) is 0 Å². The van der Waals surface area contributed by atoms with E-state index in [0.29, 0.717) is 16.9 Å². The summed E-state index contributed by atoms with van der Waals surface area (Å²) >= 11 is 0. The summed E-state index contributed by atoms with van der Waals surface area (Å²) < 4.78 is 1.49. The topological polar surface area (TPSA) is 117 Å². The Morgan fingerprint density at radius 3 is 2.53 bits per heavy atom. The van der Waals surface area contributed by atoms with Crippen molar-refractivity contribution in [1.29, 1.82) is 0 Å². The van der Waals surface area contributed by atoms with Crippen molar-refractivity contribution in [3.05, 3.63) is 104 Å². The lowest BCUT2D eigenvalue weighted by Crippen LogP contribution is -2.32. The Labute approximate surface area is 206 Å². The van der Waals surface area contributed by atoms with Crippen LogP contribution in [0, 0.1) is 0 Å². The van der Waals surface area contributed by atoms with E-state index in [1.54, 1.807) is 42.3 Å². The lowest BCUT2D eigenvalue weighted by molar-refractivity contribution is 0.0742. The zero-order valence-electron chi connectivity index (χ0n) is 19.9. The second kappa shape index (κ2) is 9.26. The number of nitrogens with zero attached hydrogens (tertiary/aromatic N) is 3. The van der Waals surface area contributed by atoms with Crippen molar-refractivity contribution in [1.82, 2.24) is 19.4 Å². The van der Waals surface area contributed by atoms with E-state index >= 15 is 0 Å². The summed E-state index contributed by atoms with van der Waals surface area (Å²) in [6.45, 7) is 1.88. The fourth-order valence-corrected chi connectivity index (χ4v) is 4.20. The summed E-state index contributed by atoms with van der Waals surface area (Å²) in [6, 6.07) is 17.4. The Bertz CT molecular complexity index is 1590. The van der Waals surface area contributed by atoms with E-state index in [0.717, 1.165) is 18.4 Å². The summed E-state index contributed by atoms with van der Waals surface area (Å²) in [5.41, 5.74) is 1.49. The Morgan fingerprint density at radius 1 is 1.06 bits per heavy atom. The van der Waals surface area contributed by atoms with Crippen LogP contribution in [-0.2, 0) is 0 Å². The molecule has 5 rings (SSSR count). The van der Waals surface area contributed by atoms with Crippen LogP contribution < -0.4 is 16.6 Å². The van der Waals surface area contributed by atoms with E-state index < -0.39 is 11.2 Å². The van der Waals surface area contributed by atoms with Crippen LogP contribution in [-0.4, -0.2) is 38.3 Å². The zero-order chi connectivity index (χ0) is 25.4. The molecular weight excluding hydrogens is 458 g/mol. The number of amides is 2. The molecule has 0 spiro atoms. The highest BCUT2D eigenvalue weighted by Crippen LogP contribution is 2.34. The highest BCUT2D eigenvalue weighted by molar-refractivity contribution is 6.04. The summed E-state index contributed by atoms with van der Waals surface area (Å²) in [5, 5.41) is 3.09. The molecule has 2 amide bonds. The molecule has 1 atom stereocenters. The van der Waals surface area contributed by atoms with E-state index in [9.17, 15) is 19.2 Å². The van der Waals surface area contributed by atoms with Crippen molar-refractivity contribution < 1.29 is 9.59 Å². The number of aromatic nitrogens is 3. The van der Waals surface area contributed by atoms with Crippen LogP contribution in [0.25, 0.3) is 11.0 Å². The minimum Gasteiger partial charge on any atom is -0.335 e. The second-order valence-electron chi connectivity index (χ2n) is 8.99. The van der Waals surface area contributed by atoms with Crippen LogP contribution >= 0.6 is 0 Å². The maximum Gasteiger partial charge on any atom is 0.330 e. The number of aromatic amines is 1. The number of nitrogens with one attached hydrogen (secondary N) is 2. The summed E-state index contributed by atoms with van der Waals surface area (Å²) in [5.74, 6) is -0.541. The molecule has 2 aromatic carbocycles. The first kappa shape index (κ1) is 23.2. The van der Waals surface area contributed by atoms with Gasteiger partial charge in [-0.3, -0.25) is 23.9 Å². The predicted octanol–water partition coefficient (Wildman–Crippen LogP) is 3.51. The maximum absolute atomic E-state index is 13.3. The Hall–Kier alpha value is -4.53. The van der Waals surface area contributed by atoms with Gasteiger partial charge in [0.25, 0.3) is 17.4 Å². The first-order valence-corrected chi connectivity index (χ1v) is 11.7. The largest absolute Gasteiger partial charge is 0.335 e. The fourth-order valence-electron chi connectivity index (χ4n) is 4.20. The van der Waals surface area contributed by atoms with Crippen molar-refractivity contribution in [3.8, 4) is 0 Å². The molecular formula is C27H25N5O4. The SMILES string of the molecule is CC(c1cccc(NC(=O)c2ccccc2)c1)N(C)C(=O)c1cnc2c(c1)c(=O)[nH]c(=O)n2C1CC1. The van der Waals surface area contributed by atoms with Gasteiger partial charge in [-0.1, -0.05) is 30.3 Å². The van der Waals surface area contributed by atoms with Crippen LogP contribution in [0.5, 0.6) is 0 Å². The molecule has 2 heterocycles. The molecule has 0 aliphatic heterocycles. The third kappa shape index (κ3) is 4.43. The molecule has 0 radical (unpaired) electrons. The van der Waals surface area contributed by atoms with Crippen molar-refractivity contribution in [3.63, 3.8) is 0 Å². The van der Waals surface area contributed by atoms with E-state index in [2.05, 4.69) is 15.3 Å². The minimum absolute atomic E-state index is 0.0308. The van der Waals surface area contributed by atoms with Crippen LogP contribution in [0.2, 0.25) is 0 Å². The van der Waals surface area contributed by atoms with E-state index in [1.165, 1.54) is 16.8 Å². The highest BCUT2D eigenvalue weighted by Gasteiger charge is 2.28. The van der Waals surface area contributed by atoms with E-state index in [4.69, 9.17) is 0 Å². The second-order valence-corrected chi connectivity index (χ2v) is 8.99. The molecule has 1 unspecified atom stereocenters. The van der Waals surface area contributed by atoms with Gasteiger partial charge in [-0.05, 0) is 55.7 Å². The number of pyridine rings is 1. The van der Waals surface area contributed by atoms with Gasteiger partial charge in [0.05, 0.1) is 17.0 Å². The van der Waals surface area contributed by atoms with Crippen LogP contribution in [0.4, 0.5) is 5.69 Å². The molecule has 4 aromatic rings. The van der Waals surface area contributed by atoms with E-state index in [1.807, 2.05) is 31.2 Å². The van der Waals surface area contributed by atoms with E-state index in [-0.39, 0.29) is 34.8 Å². The number of carbonyl (C=O) groups is 2. The van der Waals surface area contributed by atoms with Gasteiger partial charge < -0.3 is 10.2 Å². The van der Waals surface area contributed by atoms with Crippen LogP contribution in [0.1, 0.15) is 58.1 Å². The summed E-state index contributed by atoms with van der Waals surface area (Å²) in [4.78, 5) is 58.7. The number of carbonyl (C=O) groups excluding carboxylic acids is 2. The number of rotatable bonds is 6.